The molecule has 3 amide bonds. The number of hydrogen-bond donors (Lipinski definition) is 4. The van der Waals surface area contributed by atoms with Crippen molar-refractivity contribution < 1.29 is 14.4 Å². The Bertz CT molecular complexity index is 1130. The van der Waals surface area contributed by atoms with Gasteiger partial charge in [-0.25, -0.2) is 0 Å². The fraction of sp³-hybridized carbons (Fsp3) is 0.250. The molecule has 7 nitrogen and oxygen atoms in total. The molecular weight excluding hydrogens is 440 g/mol. The average molecular weight is 473 g/mol. The van der Waals surface area contributed by atoms with Gasteiger partial charge in [0.15, 0.2) is 0 Å². The standard InChI is InChI=1S/C28H32N4O3/c1-3-4-17-29-27(34)23-11-8-12-25(18-23)30-19-26(33)32-24-15-13-22(14-16-24)28(35)31-20(2)21-9-6-5-7-10-21/h5-16,18,20,30H,3-4,17,19H2,1-2H3,(H,29,34)(H,31,35)(H,32,33). The first kappa shape index (κ1) is 25.5. The van der Waals surface area contributed by atoms with Gasteiger partial charge in [-0.2, -0.15) is 0 Å². The van der Waals surface area contributed by atoms with Crippen molar-refractivity contribution in [3.63, 3.8) is 0 Å². The molecule has 7 heteroatoms. The highest BCUT2D eigenvalue weighted by Gasteiger charge is 2.12. The van der Waals surface area contributed by atoms with Crippen molar-refractivity contribution >= 4 is 29.1 Å². The first-order valence-corrected chi connectivity index (χ1v) is 11.8. The molecule has 0 spiro atoms. The van der Waals surface area contributed by atoms with Gasteiger partial charge in [0.25, 0.3) is 11.8 Å². The van der Waals surface area contributed by atoms with Crippen LogP contribution in [0, 0.1) is 0 Å². The number of nitrogens with one attached hydrogen (secondary N) is 4. The van der Waals surface area contributed by atoms with Crippen molar-refractivity contribution in [3.8, 4) is 0 Å². The molecule has 0 heterocycles. The van der Waals surface area contributed by atoms with E-state index in [1.165, 1.54) is 0 Å². The Morgan fingerprint density at radius 2 is 1.54 bits per heavy atom. The van der Waals surface area contributed by atoms with Gasteiger partial charge >= 0.3 is 0 Å². The molecule has 0 aliphatic carbocycles. The molecule has 182 valence electrons. The van der Waals surface area contributed by atoms with Crippen LogP contribution in [0.1, 0.15) is 59.0 Å². The highest BCUT2D eigenvalue weighted by atomic mass is 16.2. The molecule has 0 bridgehead atoms. The molecular formula is C28H32N4O3. The quantitative estimate of drug-likeness (QED) is 0.303. The number of amides is 3. The molecule has 0 aliphatic heterocycles. The normalized spacial score (nSPS) is 11.3. The lowest BCUT2D eigenvalue weighted by atomic mass is 10.1. The summed E-state index contributed by atoms with van der Waals surface area (Å²) in [5.74, 6) is -0.550. The van der Waals surface area contributed by atoms with Crippen LogP contribution in [0.4, 0.5) is 11.4 Å². The number of benzene rings is 3. The maximum absolute atomic E-state index is 12.5. The van der Waals surface area contributed by atoms with Gasteiger partial charge in [-0.3, -0.25) is 14.4 Å². The molecule has 0 fully saturated rings. The second-order valence-corrected chi connectivity index (χ2v) is 8.28. The summed E-state index contributed by atoms with van der Waals surface area (Å²) < 4.78 is 0. The van der Waals surface area contributed by atoms with E-state index in [9.17, 15) is 14.4 Å². The van der Waals surface area contributed by atoms with Gasteiger partial charge in [0.1, 0.15) is 0 Å². The van der Waals surface area contributed by atoms with Crippen LogP contribution in [0.5, 0.6) is 0 Å². The number of unbranched alkanes of at least 4 members (excludes halogenated alkanes) is 1. The SMILES string of the molecule is CCCCNC(=O)c1cccc(NCC(=O)Nc2ccc(C(=O)NC(C)c3ccccc3)cc2)c1. The summed E-state index contributed by atoms with van der Waals surface area (Å²) in [6.45, 7) is 4.68. The van der Waals surface area contributed by atoms with E-state index in [1.807, 2.05) is 37.3 Å². The Morgan fingerprint density at radius 3 is 2.26 bits per heavy atom. The Kier molecular flexibility index (Phi) is 9.42. The zero-order valence-electron chi connectivity index (χ0n) is 20.1. The molecule has 1 atom stereocenters. The van der Waals surface area contributed by atoms with Crippen molar-refractivity contribution in [2.75, 3.05) is 23.7 Å². The van der Waals surface area contributed by atoms with E-state index in [4.69, 9.17) is 0 Å². The predicted molar refractivity (Wildman–Crippen MR) is 140 cm³/mol. The van der Waals surface area contributed by atoms with Gasteiger partial charge < -0.3 is 21.3 Å². The van der Waals surface area contributed by atoms with Gasteiger partial charge in [0.05, 0.1) is 12.6 Å². The molecule has 1 unspecified atom stereocenters. The lowest BCUT2D eigenvalue weighted by molar-refractivity contribution is -0.114. The monoisotopic (exact) mass is 472 g/mol. The number of carbonyl (C=O) groups is 3. The van der Waals surface area contributed by atoms with Gasteiger partial charge in [-0.05, 0) is 61.4 Å². The highest BCUT2D eigenvalue weighted by molar-refractivity contribution is 5.97. The van der Waals surface area contributed by atoms with Crippen LogP contribution in [0.25, 0.3) is 0 Å². The van der Waals surface area contributed by atoms with E-state index >= 15 is 0 Å². The molecule has 3 aromatic rings. The van der Waals surface area contributed by atoms with E-state index in [-0.39, 0.29) is 30.3 Å². The predicted octanol–water partition coefficient (Wildman–Crippen LogP) is 4.76. The maximum Gasteiger partial charge on any atom is 0.251 e. The zero-order chi connectivity index (χ0) is 25.0. The fourth-order valence-corrected chi connectivity index (χ4v) is 3.45. The Morgan fingerprint density at radius 1 is 0.800 bits per heavy atom. The van der Waals surface area contributed by atoms with Crippen molar-refractivity contribution in [1.82, 2.24) is 10.6 Å². The van der Waals surface area contributed by atoms with E-state index in [0.717, 1.165) is 18.4 Å². The first-order valence-electron chi connectivity index (χ1n) is 11.8. The van der Waals surface area contributed by atoms with Crippen molar-refractivity contribution in [1.29, 1.82) is 0 Å². The third-order valence-electron chi connectivity index (χ3n) is 5.47. The molecule has 0 saturated heterocycles. The van der Waals surface area contributed by atoms with E-state index in [2.05, 4.69) is 28.2 Å². The van der Waals surface area contributed by atoms with E-state index in [0.29, 0.717) is 29.0 Å². The second kappa shape index (κ2) is 12.9. The Balaban J connectivity index is 1.48. The van der Waals surface area contributed by atoms with Crippen LogP contribution in [0.3, 0.4) is 0 Å². The van der Waals surface area contributed by atoms with Crippen molar-refractivity contribution in [3.05, 3.63) is 95.6 Å². The zero-order valence-corrected chi connectivity index (χ0v) is 20.1. The summed E-state index contributed by atoms with van der Waals surface area (Å²) in [6, 6.07) is 23.4. The minimum Gasteiger partial charge on any atom is -0.376 e. The number of anilines is 2. The summed E-state index contributed by atoms with van der Waals surface area (Å²) in [5.41, 5.74) is 3.36. The highest BCUT2D eigenvalue weighted by Crippen LogP contribution is 2.15. The first-order chi connectivity index (χ1) is 17.0. The number of hydrogen-bond acceptors (Lipinski definition) is 4. The van der Waals surface area contributed by atoms with Gasteiger partial charge in [0, 0.05) is 29.0 Å². The molecule has 0 aliphatic rings. The summed E-state index contributed by atoms with van der Waals surface area (Å²) in [4.78, 5) is 37.1. The number of carbonyl (C=O) groups excluding carboxylic acids is 3. The molecule has 0 saturated carbocycles. The van der Waals surface area contributed by atoms with Crippen LogP contribution in [0.15, 0.2) is 78.9 Å². The minimum atomic E-state index is -0.238. The van der Waals surface area contributed by atoms with Crippen LogP contribution in [-0.4, -0.2) is 30.8 Å². The maximum atomic E-state index is 12.5. The lowest BCUT2D eigenvalue weighted by Crippen LogP contribution is -2.26. The third kappa shape index (κ3) is 7.99. The smallest absolute Gasteiger partial charge is 0.251 e. The molecule has 4 N–H and O–H groups in total. The van der Waals surface area contributed by atoms with Gasteiger partial charge in [0.2, 0.25) is 5.91 Å². The fourth-order valence-electron chi connectivity index (χ4n) is 3.45. The average Bonchev–Trinajstić information content (AvgIpc) is 2.88. The second-order valence-electron chi connectivity index (χ2n) is 8.28. The van der Waals surface area contributed by atoms with E-state index < -0.39 is 0 Å². The van der Waals surface area contributed by atoms with Gasteiger partial charge in [-0.15, -0.1) is 0 Å². The molecule has 3 aromatic carbocycles. The topological polar surface area (TPSA) is 99.3 Å². The van der Waals surface area contributed by atoms with E-state index in [1.54, 1.807) is 48.5 Å². The Hall–Kier alpha value is -4.13. The summed E-state index contributed by atoms with van der Waals surface area (Å²) in [7, 11) is 0. The summed E-state index contributed by atoms with van der Waals surface area (Å²) >= 11 is 0. The van der Waals surface area contributed by atoms with Crippen molar-refractivity contribution in [2.24, 2.45) is 0 Å². The molecule has 3 rings (SSSR count). The van der Waals surface area contributed by atoms with Crippen molar-refractivity contribution in [2.45, 2.75) is 32.7 Å². The summed E-state index contributed by atoms with van der Waals surface area (Å²) in [6.07, 6.45) is 1.95. The molecule has 35 heavy (non-hydrogen) atoms. The summed E-state index contributed by atoms with van der Waals surface area (Å²) in [5, 5.41) is 11.7. The minimum absolute atomic E-state index is 0.0394. The van der Waals surface area contributed by atoms with Crippen LogP contribution < -0.4 is 21.3 Å². The number of rotatable bonds is 11. The molecule has 0 aromatic heterocycles. The lowest BCUT2D eigenvalue weighted by Gasteiger charge is -2.14. The largest absolute Gasteiger partial charge is 0.376 e. The third-order valence-corrected chi connectivity index (χ3v) is 5.47. The van der Waals surface area contributed by atoms with Gasteiger partial charge in [-0.1, -0.05) is 49.7 Å². The Labute approximate surface area is 206 Å². The molecule has 0 radical (unpaired) electrons. The van der Waals surface area contributed by atoms with Crippen LogP contribution in [0.2, 0.25) is 0 Å². The van der Waals surface area contributed by atoms with Crippen LogP contribution >= 0.6 is 0 Å². The van der Waals surface area contributed by atoms with Crippen LogP contribution in [-0.2, 0) is 4.79 Å².